The van der Waals surface area contributed by atoms with Gasteiger partial charge in [-0.1, -0.05) is 19.1 Å². The molecule has 1 heterocycles. The molecule has 3 heteroatoms. The summed E-state index contributed by atoms with van der Waals surface area (Å²) in [6.45, 7) is 2.10. The third-order valence-corrected chi connectivity index (χ3v) is 2.92. The number of aryl methyl sites for hydroxylation is 1. The lowest BCUT2D eigenvalue weighted by Gasteiger charge is -1.94. The molecule has 0 aliphatic heterocycles. The van der Waals surface area contributed by atoms with Gasteiger partial charge in [-0.25, -0.2) is 0 Å². The molecule has 1 nitrogen and oxygen atoms in total. The highest BCUT2D eigenvalue weighted by Gasteiger charge is 1.98. The van der Waals surface area contributed by atoms with Gasteiger partial charge in [-0.15, -0.1) is 11.8 Å². The molecule has 78 valence electrons. The van der Waals surface area contributed by atoms with Crippen molar-refractivity contribution in [1.29, 1.82) is 0 Å². The van der Waals surface area contributed by atoms with E-state index in [2.05, 4.69) is 43.8 Å². The second-order valence-electron chi connectivity index (χ2n) is 2.89. The second kappa shape index (κ2) is 7.07. The highest BCUT2D eigenvalue weighted by molar-refractivity contribution is 7.98. The van der Waals surface area contributed by atoms with Crippen molar-refractivity contribution in [3.05, 3.63) is 35.8 Å². The normalized spacial score (nSPS) is 11.3. The van der Waals surface area contributed by atoms with Gasteiger partial charge in [-0.2, -0.15) is 12.6 Å². The summed E-state index contributed by atoms with van der Waals surface area (Å²) in [7, 11) is 0. The Morgan fingerprint density at radius 1 is 1.36 bits per heavy atom. The minimum Gasteiger partial charge on any atom is -0.465 e. The number of hydrogen-bond acceptors (Lipinski definition) is 3. The van der Waals surface area contributed by atoms with Crippen LogP contribution in [-0.2, 0) is 12.2 Å². The Hall–Kier alpha value is -0.280. The maximum absolute atomic E-state index is 5.58. The summed E-state index contributed by atoms with van der Waals surface area (Å²) in [6.07, 6.45) is 5.18. The Kier molecular flexibility index (Phi) is 5.96. The van der Waals surface area contributed by atoms with Crippen molar-refractivity contribution in [3.8, 4) is 0 Å². The molecule has 0 radical (unpaired) electrons. The van der Waals surface area contributed by atoms with Crippen molar-refractivity contribution < 1.29 is 4.42 Å². The predicted molar refractivity (Wildman–Crippen MR) is 67.2 cm³/mol. The number of furan rings is 1. The first kappa shape index (κ1) is 11.8. The van der Waals surface area contributed by atoms with Crippen molar-refractivity contribution >= 4 is 24.4 Å². The number of thioether (sulfide) groups is 1. The Morgan fingerprint density at radius 3 is 2.79 bits per heavy atom. The van der Waals surface area contributed by atoms with Crippen LogP contribution in [0, 0.1) is 0 Å². The average molecular weight is 228 g/mol. The predicted octanol–water partition coefficient (Wildman–Crippen LogP) is 3.56. The molecule has 0 amide bonds. The molecule has 0 unspecified atom stereocenters. The van der Waals surface area contributed by atoms with E-state index in [1.54, 1.807) is 0 Å². The van der Waals surface area contributed by atoms with Crippen LogP contribution in [0.25, 0.3) is 0 Å². The molecule has 0 aliphatic rings. The van der Waals surface area contributed by atoms with Gasteiger partial charge in [0.2, 0.25) is 0 Å². The highest BCUT2D eigenvalue weighted by Crippen LogP contribution is 2.15. The van der Waals surface area contributed by atoms with Gasteiger partial charge in [0.05, 0.1) is 5.75 Å². The van der Waals surface area contributed by atoms with Crippen LogP contribution in [0.3, 0.4) is 0 Å². The summed E-state index contributed by atoms with van der Waals surface area (Å²) in [4.78, 5) is 0. The minimum absolute atomic E-state index is 0.821. The van der Waals surface area contributed by atoms with Crippen LogP contribution in [0.1, 0.15) is 18.4 Å². The quantitative estimate of drug-likeness (QED) is 0.454. The van der Waals surface area contributed by atoms with Gasteiger partial charge >= 0.3 is 0 Å². The van der Waals surface area contributed by atoms with Gasteiger partial charge in [-0.05, 0) is 12.1 Å². The van der Waals surface area contributed by atoms with Crippen LogP contribution in [0.15, 0.2) is 28.7 Å². The summed E-state index contributed by atoms with van der Waals surface area (Å²) in [5, 5.41) is 0. The fraction of sp³-hybridized carbons (Fsp3) is 0.455. The molecule has 1 aromatic rings. The molecule has 14 heavy (non-hydrogen) atoms. The lowest BCUT2D eigenvalue weighted by atomic mass is 10.4. The van der Waals surface area contributed by atoms with Crippen LogP contribution < -0.4 is 0 Å². The standard InChI is InChI=1S/C11H16OS2/c1-2-10-5-6-11(12-10)9-14-8-4-3-7-13/h3-6,13H,2,7-9H2,1H3/b4-3+. The van der Waals surface area contributed by atoms with E-state index >= 15 is 0 Å². The Morgan fingerprint density at radius 2 is 2.14 bits per heavy atom. The van der Waals surface area contributed by atoms with Crippen LogP contribution in [0.5, 0.6) is 0 Å². The van der Waals surface area contributed by atoms with Crippen molar-refractivity contribution in [2.24, 2.45) is 0 Å². The zero-order valence-electron chi connectivity index (χ0n) is 8.40. The van der Waals surface area contributed by atoms with Crippen molar-refractivity contribution in [2.75, 3.05) is 11.5 Å². The molecule has 0 atom stereocenters. The minimum atomic E-state index is 0.821. The van der Waals surface area contributed by atoms with Crippen LogP contribution in [0.2, 0.25) is 0 Å². The van der Waals surface area contributed by atoms with E-state index in [1.807, 2.05) is 11.8 Å². The third kappa shape index (κ3) is 4.29. The summed E-state index contributed by atoms with van der Waals surface area (Å²) in [5.41, 5.74) is 0. The van der Waals surface area contributed by atoms with Gasteiger partial charge in [0.25, 0.3) is 0 Å². The van der Waals surface area contributed by atoms with E-state index in [-0.39, 0.29) is 0 Å². The maximum atomic E-state index is 5.58. The molecule has 0 N–H and O–H groups in total. The monoisotopic (exact) mass is 228 g/mol. The maximum Gasteiger partial charge on any atom is 0.114 e. The average Bonchev–Trinajstić information content (AvgIpc) is 2.65. The van der Waals surface area contributed by atoms with Gasteiger partial charge < -0.3 is 4.42 Å². The molecule has 0 spiro atoms. The second-order valence-corrected chi connectivity index (χ2v) is 4.29. The van der Waals surface area contributed by atoms with Gasteiger partial charge in [0.15, 0.2) is 0 Å². The summed E-state index contributed by atoms with van der Waals surface area (Å²) < 4.78 is 5.58. The van der Waals surface area contributed by atoms with Crippen LogP contribution in [-0.4, -0.2) is 11.5 Å². The summed E-state index contributed by atoms with van der Waals surface area (Å²) >= 11 is 5.95. The molecule has 0 aromatic carbocycles. The molecule has 0 bridgehead atoms. The van der Waals surface area contributed by atoms with E-state index in [0.717, 1.165) is 35.2 Å². The van der Waals surface area contributed by atoms with Crippen molar-refractivity contribution in [3.63, 3.8) is 0 Å². The molecule has 1 aromatic heterocycles. The van der Waals surface area contributed by atoms with Crippen LogP contribution in [0.4, 0.5) is 0 Å². The number of thiol groups is 1. The van der Waals surface area contributed by atoms with Gasteiger partial charge in [0.1, 0.15) is 11.5 Å². The Bertz CT molecular complexity index is 279. The van der Waals surface area contributed by atoms with Gasteiger partial charge in [-0.3, -0.25) is 0 Å². The fourth-order valence-corrected chi connectivity index (χ4v) is 1.96. The van der Waals surface area contributed by atoms with E-state index in [0.29, 0.717) is 0 Å². The number of rotatable bonds is 6. The first-order valence-corrected chi connectivity index (χ1v) is 6.56. The molecule has 0 saturated heterocycles. The molecule has 0 aliphatic carbocycles. The SMILES string of the molecule is CCc1ccc(CSC/C=C/CS)o1. The molecular formula is C11H16OS2. The zero-order valence-corrected chi connectivity index (χ0v) is 10.1. The van der Waals surface area contributed by atoms with Crippen LogP contribution >= 0.6 is 24.4 Å². The molecule has 1 rings (SSSR count). The third-order valence-electron chi connectivity index (χ3n) is 1.80. The topological polar surface area (TPSA) is 13.1 Å². The zero-order chi connectivity index (χ0) is 10.2. The van der Waals surface area contributed by atoms with E-state index in [1.165, 1.54) is 0 Å². The highest BCUT2D eigenvalue weighted by atomic mass is 32.2. The smallest absolute Gasteiger partial charge is 0.114 e. The van der Waals surface area contributed by atoms with Crippen molar-refractivity contribution in [1.82, 2.24) is 0 Å². The first-order valence-electron chi connectivity index (χ1n) is 4.78. The van der Waals surface area contributed by atoms with Crippen molar-refractivity contribution in [2.45, 2.75) is 19.1 Å². The van der Waals surface area contributed by atoms with E-state index < -0.39 is 0 Å². The van der Waals surface area contributed by atoms with E-state index in [4.69, 9.17) is 4.42 Å². The van der Waals surface area contributed by atoms with E-state index in [9.17, 15) is 0 Å². The first-order chi connectivity index (χ1) is 6.86. The molecule has 0 saturated carbocycles. The number of hydrogen-bond donors (Lipinski definition) is 1. The molecule has 0 fully saturated rings. The Balaban J connectivity index is 2.21. The summed E-state index contributed by atoms with van der Waals surface area (Å²) in [6, 6.07) is 4.12. The molecular weight excluding hydrogens is 212 g/mol. The summed E-state index contributed by atoms with van der Waals surface area (Å²) in [5.74, 6) is 4.96. The lowest BCUT2D eigenvalue weighted by molar-refractivity contribution is 0.485. The largest absolute Gasteiger partial charge is 0.465 e. The van der Waals surface area contributed by atoms with Gasteiger partial charge in [0, 0.05) is 17.9 Å². The fourth-order valence-electron chi connectivity index (χ4n) is 1.06. The lowest BCUT2D eigenvalue weighted by Crippen LogP contribution is -1.77. The Labute approximate surface area is 95.4 Å².